The third-order valence-corrected chi connectivity index (χ3v) is 4.91. The topological polar surface area (TPSA) is 72.2 Å². The van der Waals surface area contributed by atoms with E-state index in [4.69, 9.17) is 0 Å². The molecule has 1 N–H and O–H groups in total. The molecule has 0 unspecified atom stereocenters. The fourth-order valence-corrected chi connectivity index (χ4v) is 2.88. The molecule has 21 heavy (non-hydrogen) atoms. The Morgan fingerprint density at radius 2 is 2.05 bits per heavy atom. The number of hydrogen-bond acceptors (Lipinski definition) is 3. The van der Waals surface area contributed by atoms with E-state index in [-0.39, 0.29) is 11.6 Å². The molecule has 7 heteroatoms. The van der Waals surface area contributed by atoms with Crippen molar-refractivity contribution in [2.75, 3.05) is 5.32 Å². The number of carbonyl (C=O) groups is 1. The second kappa shape index (κ2) is 6.52. The summed E-state index contributed by atoms with van der Waals surface area (Å²) in [5, 5.41) is 13.5. The van der Waals surface area contributed by atoms with Crippen molar-refractivity contribution in [2.24, 2.45) is 0 Å². The summed E-state index contributed by atoms with van der Waals surface area (Å²) in [6.45, 7) is 1.93. The van der Waals surface area contributed by atoms with E-state index in [0.717, 1.165) is 9.13 Å². The number of rotatable bonds is 3. The third kappa shape index (κ3) is 3.59. The van der Waals surface area contributed by atoms with Crippen LogP contribution in [0.15, 0.2) is 40.9 Å². The highest BCUT2D eigenvalue weighted by atomic mass is 127. The van der Waals surface area contributed by atoms with Gasteiger partial charge in [0.15, 0.2) is 0 Å². The maximum absolute atomic E-state index is 12.3. The molecule has 0 spiro atoms. The number of benzene rings is 2. The number of anilines is 1. The van der Waals surface area contributed by atoms with Crippen LogP contribution < -0.4 is 5.32 Å². The molecule has 1 amide bonds. The zero-order chi connectivity index (χ0) is 15.6. The van der Waals surface area contributed by atoms with Crippen molar-refractivity contribution in [1.29, 1.82) is 0 Å². The molecule has 0 aromatic heterocycles. The smallest absolute Gasteiger partial charge is 0.283 e. The van der Waals surface area contributed by atoms with Crippen molar-refractivity contribution in [3.63, 3.8) is 0 Å². The minimum absolute atomic E-state index is 0.0434. The van der Waals surface area contributed by atoms with Gasteiger partial charge in [-0.3, -0.25) is 14.9 Å². The van der Waals surface area contributed by atoms with Gasteiger partial charge in [0, 0.05) is 15.3 Å². The summed E-state index contributed by atoms with van der Waals surface area (Å²) in [4.78, 5) is 22.5. The predicted molar refractivity (Wildman–Crippen MR) is 92.6 cm³/mol. The summed E-state index contributed by atoms with van der Waals surface area (Å²) < 4.78 is 1.21. The van der Waals surface area contributed by atoms with Gasteiger partial charge in [0.05, 0.1) is 15.0 Å². The molecular formula is C14H10BrIN2O3. The van der Waals surface area contributed by atoms with Crippen LogP contribution in [0.4, 0.5) is 11.4 Å². The summed E-state index contributed by atoms with van der Waals surface area (Å²) in [6, 6.07) is 9.85. The first-order valence-electron chi connectivity index (χ1n) is 5.90. The number of amides is 1. The Morgan fingerprint density at radius 3 is 2.67 bits per heavy atom. The molecule has 0 saturated carbocycles. The van der Waals surface area contributed by atoms with E-state index < -0.39 is 4.92 Å². The van der Waals surface area contributed by atoms with Crippen LogP contribution in [0.2, 0.25) is 0 Å². The SMILES string of the molecule is Cc1cccc(C(=O)Nc2ccc([N+](=O)[O-])c(Br)c2)c1I. The van der Waals surface area contributed by atoms with Crippen molar-refractivity contribution >= 4 is 55.8 Å². The zero-order valence-corrected chi connectivity index (χ0v) is 14.6. The minimum Gasteiger partial charge on any atom is -0.322 e. The standard InChI is InChI=1S/C14H10BrIN2O3/c1-8-3-2-4-10(13(8)16)14(19)17-9-5-6-12(18(20)21)11(15)7-9/h2-7H,1H3,(H,17,19). The van der Waals surface area contributed by atoms with Gasteiger partial charge in [0.2, 0.25) is 0 Å². The van der Waals surface area contributed by atoms with Gasteiger partial charge in [-0.2, -0.15) is 0 Å². The fourth-order valence-electron chi connectivity index (χ4n) is 1.75. The summed E-state index contributed by atoms with van der Waals surface area (Å²) >= 11 is 5.25. The van der Waals surface area contributed by atoms with E-state index in [9.17, 15) is 14.9 Å². The monoisotopic (exact) mass is 460 g/mol. The van der Waals surface area contributed by atoms with Gasteiger partial charge < -0.3 is 5.32 Å². The molecule has 2 aromatic carbocycles. The average Bonchev–Trinajstić information content (AvgIpc) is 2.41. The second-order valence-electron chi connectivity index (χ2n) is 4.31. The van der Waals surface area contributed by atoms with Gasteiger partial charge >= 0.3 is 0 Å². The van der Waals surface area contributed by atoms with Gasteiger partial charge in [-0.25, -0.2) is 0 Å². The number of aryl methyl sites for hydroxylation is 1. The molecule has 0 fully saturated rings. The zero-order valence-electron chi connectivity index (χ0n) is 10.9. The quantitative estimate of drug-likeness (QED) is 0.415. The van der Waals surface area contributed by atoms with E-state index in [1.807, 2.05) is 19.1 Å². The molecule has 0 heterocycles. The van der Waals surface area contributed by atoms with Crippen molar-refractivity contribution in [3.8, 4) is 0 Å². The third-order valence-electron chi connectivity index (χ3n) is 2.84. The molecule has 2 rings (SSSR count). The molecular weight excluding hydrogens is 451 g/mol. The highest BCUT2D eigenvalue weighted by molar-refractivity contribution is 14.1. The van der Waals surface area contributed by atoms with Crippen LogP contribution in [0, 0.1) is 20.6 Å². The first kappa shape index (κ1) is 15.9. The summed E-state index contributed by atoms with van der Waals surface area (Å²) in [5.74, 6) is -0.246. The van der Waals surface area contributed by atoms with Crippen LogP contribution in [0.3, 0.4) is 0 Å². The molecule has 5 nitrogen and oxygen atoms in total. The molecule has 2 aromatic rings. The lowest BCUT2D eigenvalue weighted by Gasteiger charge is -2.09. The molecule has 0 atom stereocenters. The molecule has 0 radical (unpaired) electrons. The molecule has 0 aliphatic heterocycles. The van der Waals surface area contributed by atoms with E-state index in [0.29, 0.717) is 15.7 Å². The lowest BCUT2D eigenvalue weighted by atomic mass is 10.1. The molecule has 0 saturated heterocycles. The second-order valence-corrected chi connectivity index (χ2v) is 6.25. The summed E-state index contributed by atoms with van der Waals surface area (Å²) in [5.41, 5.74) is 2.05. The van der Waals surface area contributed by atoms with Crippen LogP contribution in [0.1, 0.15) is 15.9 Å². The van der Waals surface area contributed by atoms with E-state index in [1.165, 1.54) is 18.2 Å². The lowest BCUT2D eigenvalue weighted by Crippen LogP contribution is -2.14. The van der Waals surface area contributed by atoms with E-state index in [2.05, 4.69) is 43.8 Å². The van der Waals surface area contributed by atoms with Gasteiger partial charge in [-0.05, 0) is 69.2 Å². The first-order chi connectivity index (χ1) is 9.90. The van der Waals surface area contributed by atoms with Crippen LogP contribution in [0.5, 0.6) is 0 Å². The van der Waals surface area contributed by atoms with E-state index in [1.54, 1.807) is 6.07 Å². The molecule has 108 valence electrons. The highest BCUT2D eigenvalue weighted by Crippen LogP contribution is 2.28. The number of carbonyl (C=O) groups excluding carboxylic acids is 1. The predicted octanol–water partition coefficient (Wildman–Crippen LogP) is 4.52. The number of nitrogens with zero attached hydrogens (tertiary/aromatic N) is 1. The van der Waals surface area contributed by atoms with Crippen molar-refractivity contribution < 1.29 is 9.72 Å². The lowest BCUT2D eigenvalue weighted by molar-refractivity contribution is -0.385. The summed E-state index contributed by atoms with van der Waals surface area (Å²) in [6.07, 6.45) is 0. The number of halogens is 2. The first-order valence-corrected chi connectivity index (χ1v) is 7.77. The van der Waals surface area contributed by atoms with Crippen LogP contribution in [0.25, 0.3) is 0 Å². The van der Waals surface area contributed by atoms with Gasteiger partial charge in [-0.15, -0.1) is 0 Å². The Hall–Kier alpha value is -1.48. The number of nitro benzene ring substituents is 1. The molecule has 0 aliphatic carbocycles. The van der Waals surface area contributed by atoms with Crippen molar-refractivity contribution in [3.05, 3.63) is 65.7 Å². The largest absolute Gasteiger partial charge is 0.322 e. The minimum atomic E-state index is -0.487. The normalized spacial score (nSPS) is 10.2. The molecule has 0 bridgehead atoms. The Morgan fingerprint density at radius 1 is 1.33 bits per heavy atom. The maximum Gasteiger partial charge on any atom is 0.283 e. The maximum atomic E-state index is 12.3. The van der Waals surface area contributed by atoms with Crippen LogP contribution >= 0.6 is 38.5 Å². The number of nitrogens with one attached hydrogen (secondary N) is 1. The van der Waals surface area contributed by atoms with Crippen LogP contribution in [-0.4, -0.2) is 10.8 Å². The number of nitro groups is 1. The Kier molecular flexibility index (Phi) is 4.94. The Bertz CT molecular complexity index is 734. The Balaban J connectivity index is 2.26. The highest BCUT2D eigenvalue weighted by Gasteiger charge is 2.15. The van der Waals surface area contributed by atoms with Gasteiger partial charge in [0.25, 0.3) is 11.6 Å². The Labute approximate surface area is 143 Å². The summed E-state index contributed by atoms with van der Waals surface area (Å²) in [7, 11) is 0. The van der Waals surface area contributed by atoms with Gasteiger partial charge in [-0.1, -0.05) is 12.1 Å². The fraction of sp³-hybridized carbons (Fsp3) is 0.0714. The van der Waals surface area contributed by atoms with Crippen LogP contribution in [-0.2, 0) is 0 Å². The van der Waals surface area contributed by atoms with Crippen molar-refractivity contribution in [2.45, 2.75) is 6.92 Å². The van der Waals surface area contributed by atoms with E-state index >= 15 is 0 Å². The van der Waals surface area contributed by atoms with Gasteiger partial charge in [0.1, 0.15) is 0 Å². The number of hydrogen-bond donors (Lipinski definition) is 1. The molecule has 0 aliphatic rings. The van der Waals surface area contributed by atoms with Crippen molar-refractivity contribution in [1.82, 2.24) is 0 Å². The average molecular weight is 461 g/mol.